The summed E-state index contributed by atoms with van der Waals surface area (Å²) in [5.41, 5.74) is 1.10. The highest BCUT2D eigenvalue weighted by atomic mass is 79.9. The number of aromatic nitrogens is 1. The predicted molar refractivity (Wildman–Crippen MR) is 61.5 cm³/mol. The lowest BCUT2D eigenvalue weighted by atomic mass is 10.2. The Morgan fingerprint density at radius 3 is 2.93 bits per heavy atom. The number of aryl methyl sites for hydroxylation is 1. The number of hydrogen-bond acceptors (Lipinski definition) is 3. The number of hydrogen-bond donors (Lipinski definition) is 2. The lowest BCUT2D eigenvalue weighted by Crippen LogP contribution is -2.18. The molecule has 78 valence electrons. The molecule has 0 fully saturated rings. The van der Waals surface area contributed by atoms with Gasteiger partial charge in [0.2, 0.25) is 0 Å². The average Bonchev–Trinajstić information content (AvgIpc) is 2.10. The molecule has 14 heavy (non-hydrogen) atoms. The molecule has 1 atom stereocenters. The van der Waals surface area contributed by atoms with Gasteiger partial charge in [-0.2, -0.15) is 0 Å². The summed E-state index contributed by atoms with van der Waals surface area (Å²) in [5.74, 6) is 0.883. The van der Waals surface area contributed by atoms with Crippen LogP contribution in [0.2, 0.25) is 0 Å². The van der Waals surface area contributed by atoms with E-state index in [-0.39, 0.29) is 12.6 Å². The van der Waals surface area contributed by atoms with Crippen LogP contribution in [0.4, 0.5) is 5.82 Å². The Hall–Kier alpha value is -0.610. The second-order valence-corrected chi connectivity index (χ2v) is 4.29. The summed E-state index contributed by atoms with van der Waals surface area (Å²) < 4.78 is 0.982. The van der Waals surface area contributed by atoms with E-state index in [1.165, 1.54) is 0 Å². The molecule has 0 aliphatic rings. The van der Waals surface area contributed by atoms with Gasteiger partial charge in [0, 0.05) is 23.3 Å². The van der Waals surface area contributed by atoms with Crippen molar-refractivity contribution in [2.75, 3.05) is 11.9 Å². The van der Waals surface area contributed by atoms with E-state index >= 15 is 0 Å². The van der Waals surface area contributed by atoms with E-state index in [1.54, 1.807) is 6.20 Å². The first kappa shape index (κ1) is 11.5. The first-order chi connectivity index (χ1) is 6.63. The van der Waals surface area contributed by atoms with Crippen molar-refractivity contribution in [3.63, 3.8) is 0 Å². The Bertz CT molecular complexity index is 304. The molecule has 3 nitrogen and oxygen atoms in total. The SMILES string of the molecule is Cc1cc(Br)cnc1NC(C)CCO. The Morgan fingerprint density at radius 1 is 1.64 bits per heavy atom. The normalized spacial score (nSPS) is 12.6. The number of anilines is 1. The molecule has 0 saturated carbocycles. The van der Waals surface area contributed by atoms with Crippen LogP contribution in [0.25, 0.3) is 0 Å². The molecular formula is C10H15BrN2O. The maximum absolute atomic E-state index is 8.76. The van der Waals surface area contributed by atoms with Gasteiger partial charge in [-0.1, -0.05) is 0 Å². The van der Waals surface area contributed by atoms with Crippen molar-refractivity contribution < 1.29 is 5.11 Å². The Morgan fingerprint density at radius 2 is 2.36 bits per heavy atom. The van der Waals surface area contributed by atoms with Crippen molar-refractivity contribution in [3.05, 3.63) is 22.3 Å². The van der Waals surface area contributed by atoms with E-state index in [0.717, 1.165) is 22.3 Å². The number of halogens is 1. The van der Waals surface area contributed by atoms with Crippen LogP contribution in [0.3, 0.4) is 0 Å². The van der Waals surface area contributed by atoms with Gasteiger partial charge in [0.1, 0.15) is 5.82 Å². The maximum Gasteiger partial charge on any atom is 0.129 e. The number of nitrogens with zero attached hydrogens (tertiary/aromatic N) is 1. The van der Waals surface area contributed by atoms with Crippen LogP contribution in [0.5, 0.6) is 0 Å². The fourth-order valence-electron chi connectivity index (χ4n) is 1.19. The van der Waals surface area contributed by atoms with Gasteiger partial charge in [-0.25, -0.2) is 4.98 Å². The monoisotopic (exact) mass is 258 g/mol. The van der Waals surface area contributed by atoms with Crippen LogP contribution >= 0.6 is 15.9 Å². The highest BCUT2D eigenvalue weighted by molar-refractivity contribution is 9.10. The fourth-order valence-corrected chi connectivity index (χ4v) is 1.64. The van der Waals surface area contributed by atoms with Crippen molar-refractivity contribution in [1.82, 2.24) is 4.98 Å². The second-order valence-electron chi connectivity index (χ2n) is 3.38. The number of pyridine rings is 1. The molecule has 1 heterocycles. The van der Waals surface area contributed by atoms with Gasteiger partial charge in [-0.3, -0.25) is 0 Å². The fraction of sp³-hybridized carbons (Fsp3) is 0.500. The van der Waals surface area contributed by atoms with Crippen LogP contribution < -0.4 is 5.32 Å². The van der Waals surface area contributed by atoms with Crippen LogP contribution in [0.1, 0.15) is 18.9 Å². The highest BCUT2D eigenvalue weighted by Gasteiger charge is 2.04. The molecule has 0 aromatic carbocycles. The third-order valence-electron chi connectivity index (χ3n) is 1.99. The quantitative estimate of drug-likeness (QED) is 0.872. The summed E-state index contributed by atoms with van der Waals surface area (Å²) in [7, 11) is 0. The lowest BCUT2D eigenvalue weighted by Gasteiger charge is -2.14. The van der Waals surface area contributed by atoms with Gasteiger partial charge in [-0.05, 0) is 47.8 Å². The Balaban J connectivity index is 2.67. The topological polar surface area (TPSA) is 45.2 Å². The average molecular weight is 259 g/mol. The number of aliphatic hydroxyl groups is 1. The van der Waals surface area contributed by atoms with E-state index in [1.807, 2.05) is 19.9 Å². The molecule has 0 spiro atoms. The Labute approximate surface area is 92.7 Å². The van der Waals surface area contributed by atoms with Crippen molar-refractivity contribution in [1.29, 1.82) is 0 Å². The second kappa shape index (κ2) is 5.32. The van der Waals surface area contributed by atoms with E-state index in [2.05, 4.69) is 26.2 Å². The predicted octanol–water partition coefficient (Wildman–Crippen LogP) is 2.34. The van der Waals surface area contributed by atoms with Crippen LogP contribution in [-0.4, -0.2) is 22.7 Å². The molecule has 0 amide bonds. The van der Waals surface area contributed by atoms with Crippen LogP contribution in [0.15, 0.2) is 16.7 Å². The zero-order chi connectivity index (χ0) is 10.6. The summed E-state index contributed by atoms with van der Waals surface area (Å²) in [5, 5.41) is 12.0. The van der Waals surface area contributed by atoms with E-state index in [9.17, 15) is 0 Å². The summed E-state index contributed by atoms with van der Waals surface area (Å²) in [6, 6.07) is 2.26. The van der Waals surface area contributed by atoms with Gasteiger partial charge >= 0.3 is 0 Å². The largest absolute Gasteiger partial charge is 0.396 e. The minimum Gasteiger partial charge on any atom is -0.396 e. The highest BCUT2D eigenvalue weighted by Crippen LogP contribution is 2.17. The van der Waals surface area contributed by atoms with Gasteiger partial charge in [0.15, 0.2) is 0 Å². The summed E-state index contributed by atoms with van der Waals surface area (Å²) in [6.07, 6.45) is 2.50. The van der Waals surface area contributed by atoms with E-state index in [0.29, 0.717) is 0 Å². The van der Waals surface area contributed by atoms with Gasteiger partial charge in [0.05, 0.1) is 0 Å². The number of nitrogens with one attached hydrogen (secondary N) is 1. The first-order valence-electron chi connectivity index (χ1n) is 4.63. The molecule has 1 unspecified atom stereocenters. The van der Waals surface area contributed by atoms with Crippen molar-refractivity contribution >= 4 is 21.7 Å². The molecule has 4 heteroatoms. The molecule has 0 aliphatic carbocycles. The molecule has 0 saturated heterocycles. The number of rotatable bonds is 4. The molecule has 0 radical (unpaired) electrons. The van der Waals surface area contributed by atoms with Crippen molar-refractivity contribution in [2.24, 2.45) is 0 Å². The smallest absolute Gasteiger partial charge is 0.129 e. The summed E-state index contributed by atoms with van der Waals surface area (Å²) >= 11 is 3.36. The lowest BCUT2D eigenvalue weighted by molar-refractivity contribution is 0.282. The van der Waals surface area contributed by atoms with Crippen molar-refractivity contribution in [2.45, 2.75) is 26.3 Å². The first-order valence-corrected chi connectivity index (χ1v) is 5.42. The minimum absolute atomic E-state index is 0.198. The van der Waals surface area contributed by atoms with Crippen molar-refractivity contribution in [3.8, 4) is 0 Å². The zero-order valence-electron chi connectivity index (χ0n) is 8.42. The van der Waals surface area contributed by atoms with Crippen LogP contribution in [0, 0.1) is 6.92 Å². The van der Waals surface area contributed by atoms with E-state index in [4.69, 9.17) is 5.11 Å². The molecule has 1 aromatic rings. The summed E-state index contributed by atoms with van der Waals surface area (Å²) in [6.45, 7) is 4.23. The molecular weight excluding hydrogens is 244 g/mol. The third kappa shape index (κ3) is 3.27. The summed E-state index contributed by atoms with van der Waals surface area (Å²) in [4.78, 5) is 4.26. The maximum atomic E-state index is 8.76. The van der Waals surface area contributed by atoms with Gasteiger partial charge < -0.3 is 10.4 Å². The molecule has 1 aromatic heterocycles. The van der Waals surface area contributed by atoms with Crippen LogP contribution in [-0.2, 0) is 0 Å². The van der Waals surface area contributed by atoms with E-state index < -0.39 is 0 Å². The zero-order valence-corrected chi connectivity index (χ0v) is 10.0. The van der Waals surface area contributed by atoms with Gasteiger partial charge in [-0.15, -0.1) is 0 Å². The standard InChI is InChI=1S/C10H15BrN2O/c1-7-5-9(11)6-12-10(7)13-8(2)3-4-14/h5-6,8,14H,3-4H2,1-2H3,(H,12,13). The number of aliphatic hydroxyl groups excluding tert-OH is 1. The minimum atomic E-state index is 0.198. The molecule has 0 bridgehead atoms. The third-order valence-corrected chi connectivity index (χ3v) is 2.42. The molecule has 2 N–H and O–H groups in total. The molecule has 0 aliphatic heterocycles. The Kier molecular flexibility index (Phi) is 4.35. The van der Waals surface area contributed by atoms with Gasteiger partial charge in [0.25, 0.3) is 0 Å². The molecule has 1 rings (SSSR count).